The number of hydrogen-bond donors (Lipinski definition) is 2. The molecule has 0 radical (unpaired) electrons. The van der Waals surface area contributed by atoms with Crippen molar-refractivity contribution in [2.24, 2.45) is 0 Å². The van der Waals surface area contributed by atoms with E-state index in [4.69, 9.17) is 9.39 Å². The molecule has 1 aromatic heterocycles. The van der Waals surface area contributed by atoms with Gasteiger partial charge in [0.2, 0.25) is 0 Å². The third-order valence-corrected chi connectivity index (χ3v) is 4.73. The molecule has 6 nitrogen and oxygen atoms in total. The fraction of sp³-hybridized carbons (Fsp3) is 0.550. The van der Waals surface area contributed by atoms with E-state index < -0.39 is 30.0 Å². The molecule has 0 aliphatic heterocycles. The highest BCUT2D eigenvalue weighted by Crippen LogP contribution is 2.26. The van der Waals surface area contributed by atoms with Crippen molar-refractivity contribution in [1.82, 2.24) is 4.57 Å². The lowest BCUT2D eigenvalue weighted by atomic mass is 9.76. The van der Waals surface area contributed by atoms with E-state index in [1.54, 1.807) is 48.5 Å². The predicted octanol–water partition coefficient (Wildman–Crippen LogP) is 2.99. The number of aryl methyl sites for hydroxylation is 1. The summed E-state index contributed by atoms with van der Waals surface area (Å²) in [6.07, 6.45) is 1.00. The van der Waals surface area contributed by atoms with Crippen LogP contribution in [0, 0.1) is 6.92 Å². The largest absolute Gasteiger partial charge is 0.493 e. The Hall–Kier alpha value is -1.83. The van der Waals surface area contributed by atoms with Gasteiger partial charge in [-0.3, -0.25) is 4.57 Å². The Kier molecular flexibility index (Phi) is 5.54. The maximum absolute atomic E-state index is 12.6. The summed E-state index contributed by atoms with van der Waals surface area (Å²) in [5, 5.41) is 21.7. The van der Waals surface area contributed by atoms with Gasteiger partial charge in [-0.2, -0.15) is 0 Å². The minimum absolute atomic E-state index is 0.438. The summed E-state index contributed by atoms with van der Waals surface area (Å²) in [7, 11) is -1.32. The van der Waals surface area contributed by atoms with E-state index in [0.29, 0.717) is 16.4 Å². The summed E-state index contributed by atoms with van der Waals surface area (Å²) in [4.78, 5) is 12.6. The molecule has 0 saturated heterocycles. The summed E-state index contributed by atoms with van der Waals surface area (Å²) in [5.41, 5.74) is -0.790. The number of ether oxygens (including phenoxy) is 1. The lowest BCUT2D eigenvalue weighted by Gasteiger charge is -2.38. The van der Waals surface area contributed by atoms with Crippen molar-refractivity contribution in [2.45, 2.75) is 72.2 Å². The average Bonchev–Trinajstić information content (AvgIpc) is 2.82. The normalized spacial score (nSPS) is 13.1. The highest BCUT2D eigenvalue weighted by atomic mass is 16.6. The van der Waals surface area contributed by atoms with Crippen molar-refractivity contribution in [1.29, 1.82) is 0 Å². The maximum Gasteiger partial charge on any atom is 0.493 e. The smallest absolute Gasteiger partial charge is 0.443 e. The Morgan fingerprint density at radius 3 is 2.22 bits per heavy atom. The molecule has 0 bridgehead atoms. The zero-order valence-electron chi connectivity index (χ0n) is 17.5. The summed E-state index contributed by atoms with van der Waals surface area (Å²) in [5.74, 6) is 0. The first kappa shape index (κ1) is 21.5. The van der Waals surface area contributed by atoms with Gasteiger partial charge in [0, 0.05) is 11.7 Å². The molecule has 0 spiro atoms. The molecule has 0 unspecified atom stereocenters. The predicted molar refractivity (Wildman–Crippen MR) is 107 cm³/mol. The summed E-state index contributed by atoms with van der Waals surface area (Å²) >= 11 is 0. The van der Waals surface area contributed by atoms with Gasteiger partial charge in [-0.25, -0.2) is 4.79 Å². The second-order valence-electron chi connectivity index (χ2n) is 8.99. The van der Waals surface area contributed by atoms with Crippen molar-refractivity contribution >= 4 is 29.6 Å². The first-order valence-electron chi connectivity index (χ1n) is 9.05. The van der Waals surface area contributed by atoms with Crippen molar-refractivity contribution in [3.05, 3.63) is 30.0 Å². The fourth-order valence-electron chi connectivity index (χ4n) is 2.51. The van der Waals surface area contributed by atoms with Gasteiger partial charge in [0.1, 0.15) is 5.60 Å². The van der Waals surface area contributed by atoms with Crippen LogP contribution in [0.5, 0.6) is 0 Å². The quantitative estimate of drug-likeness (QED) is 0.803. The first-order valence-corrected chi connectivity index (χ1v) is 9.05. The molecule has 7 heteroatoms. The highest BCUT2D eigenvalue weighted by Gasteiger charge is 2.40. The van der Waals surface area contributed by atoms with Gasteiger partial charge in [-0.05, 0) is 72.4 Å². The Labute approximate surface area is 161 Å². The van der Waals surface area contributed by atoms with E-state index in [1.165, 1.54) is 10.8 Å². The van der Waals surface area contributed by atoms with E-state index in [-0.39, 0.29) is 0 Å². The summed E-state index contributed by atoms with van der Waals surface area (Å²) in [6, 6.07) is 5.60. The van der Waals surface area contributed by atoms with Crippen molar-refractivity contribution in [2.75, 3.05) is 0 Å². The number of fused-ring (bicyclic) bond motifs is 1. The van der Waals surface area contributed by atoms with Crippen LogP contribution in [0.1, 0.15) is 54.0 Å². The number of nitrogens with zero attached hydrogens (tertiary/aromatic N) is 1. The van der Waals surface area contributed by atoms with Crippen LogP contribution in [0.3, 0.4) is 0 Å². The average molecular weight is 375 g/mol. The molecule has 0 fully saturated rings. The highest BCUT2D eigenvalue weighted by molar-refractivity contribution is 6.63. The first-order chi connectivity index (χ1) is 12.1. The molecule has 0 aliphatic rings. The van der Waals surface area contributed by atoms with Crippen LogP contribution in [-0.4, -0.2) is 44.7 Å². The molecule has 2 aromatic rings. The molecule has 2 rings (SSSR count). The van der Waals surface area contributed by atoms with Crippen molar-refractivity contribution in [3.63, 3.8) is 0 Å². The third-order valence-electron chi connectivity index (χ3n) is 4.73. The van der Waals surface area contributed by atoms with Gasteiger partial charge >= 0.3 is 13.2 Å². The van der Waals surface area contributed by atoms with Crippen LogP contribution in [0.25, 0.3) is 10.9 Å². The van der Waals surface area contributed by atoms with Gasteiger partial charge in [0.15, 0.2) is 0 Å². The molecular weight excluding hydrogens is 345 g/mol. The second kappa shape index (κ2) is 6.97. The van der Waals surface area contributed by atoms with Gasteiger partial charge < -0.3 is 19.5 Å². The zero-order valence-corrected chi connectivity index (χ0v) is 17.5. The van der Waals surface area contributed by atoms with Crippen LogP contribution in [0.2, 0.25) is 0 Å². The van der Waals surface area contributed by atoms with Crippen LogP contribution >= 0.6 is 0 Å². The SMILES string of the molecule is Cc1ccc2c(B(O)OC(C)(C)C(C)(C)O)cn(C(=O)OC(C)(C)C)c2c1. The van der Waals surface area contributed by atoms with Crippen molar-refractivity contribution < 1.29 is 24.3 Å². The van der Waals surface area contributed by atoms with E-state index in [0.717, 1.165) is 5.56 Å². The molecule has 0 amide bonds. The zero-order chi connectivity index (χ0) is 20.8. The molecule has 1 heterocycles. The van der Waals surface area contributed by atoms with E-state index >= 15 is 0 Å². The lowest BCUT2D eigenvalue weighted by Crippen LogP contribution is -2.53. The Morgan fingerprint density at radius 1 is 1.11 bits per heavy atom. The summed E-state index contributed by atoms with van der Waals surface area (Å²) in [6.45, 7) is 14.0. The topological polar surface area (TPSA) is 80.9 Å². The molecule has 148 valence electrons. The fourth-order valence-corrected chi connectivity index (χ4v) is 2.51. The number of carbonyl (C=O) groups is 1. The summed E-state index contributed by atoms with van der Waals surface area (Å²) < 4.78 is 12.6. The third kappa shape index (κ3) is 4.72. The molecule has 27 heavy (non-hydrogen) atoms. The van der Waals surface area contributed by atoms with Crippen LogP contribution in [0.4, 0.5) is 4.79 Å². The van der Waals surface area contributed by atoms with Crippen LogP contribution in [-0.2, 0) is 9.39 Å². The molecule has 0 saturated carbocycles. The Bertz CT molecular complexity index is 842. The van der Waals surface area contributed by atoms with Crippen LogP contribution in [0.15, 0.2) is 24.4 Å². The van der Waals surface area contributed by atoms with Gasteiger partial charge in [-0.1, -0.05) is 12.1 Å². The van der Waals surface area contributed by atoms with Gasteiger partial charge in [-0.15, -0.1) is 0 Å². The van der Waals surface area contributed by atoms with Gasteiger partial charge in [0.05, 0.1) is 16.7 Å². The maximum atomic E-state index is 12.6. The molecule has 2 N–H and O–H groups in total. The molecular formula is C20H30BNO5. The molecule has 1 aromatic carbocycles. The molecule has 0 atom stereocenters. The number of rotatable bonds is 4. The Morgan fingerprint density at radius 2 is 1.70 bits per heavy atom. The van der Waals surface area contributed by atoms with E-state index in [9.17, 15) is 14.9 Å². The molecule has 0 aliphatic carbocycles. The number of carbonyl (C=O) groups excluding carboxylic acids is 1. The van der Waals surface area contributed by atoms with E-state index in [2.05, 4.69) is 0 Å². The van der Waals surface area contributed by atoms with Crippen molar-refractivity contribution in [3.8, 4) is 0 Å². The number of aliphatic hydroxyl groups is 1. The number of benzene rings is 1. The lowest BCUT2D eigenvalue weighted by molar-refractivity contribution is -0.0982. The van der Waals surface area contributed by atoms with Gasteiger partial charge in [0.25, 0.3) is 0 Å². The van der Waals surface area contributed by atoms with Crippen LogP contribution < -0.4 is 5.46 Å². The van der Waals surface area contributed by atoms with E-state index in [1.807, 2.05) is 25.1 Å². The minimum atomic E-state index is -1.32. The second-order valence-corrected chi connectivity index (χ2v) is 8.99. The minimum Gasteiger partial charge on any atom is -0.443 e. The standard InChI is InChI=1S/C20H30BNO5/c1-13-9-10-14-15(21(25)27-20(7,8)19(5,6)24)12-22(16(14)11-13)17(23)26-18(2,3)4/h9-12,24-25H,1-8H3. The number of hydrogen-bond acceptors (Lipinski definition) is 5. The monoisotopic (exact) mass is 375 g/mol. The Balaban J connectivity index is 2.50. The number of aromatic nitrogens is 1.